The zero-order valence-corrected chi connectivity index (χ0v) is 31.1. The van der Waals surface area contributed by atoms with Crippen LogP contribution in [0.3, 0.4) is 0 Å². The lowest BCUT2D eigenvalue weighted by molar-refractivity contribution is -0.157. The number of aliphatic hydroxyl groups excluding tert-OH is 4. The van der Waals surface area contributed by atoms with E-state index in [1.165, 1.54) is 6.08 Å². The molecule has 3 heterocycles. The molecule has 15 atom stereocenters. The summed E-state index contributed by atoms with van der Waals surface area (Å²) >= 11 is 0. The van der Waals surface area contributed by atoms with Crippen LogP contribution in [0.2, 0.25) is 0 Å². The van der Waals surface area contributed by atoms with Gasteiger partial charge < -0.3 is 44.1 Å². The highest BCUT2D eigenvalue weighted by Gasteiger charge is 2.39. The van der Waals surface area contributed by atoms with E-state index in [1.807, 2.05) is 39.8 Å². The summed E-state index contributed by atoms with van der Waals surface area (Å²) in [5.41, 5.74) is 0.796. The number of methoxy groups -OCH3 is 2. The Labute approximate surface area is 294 Å². The summed E-state index contributed by atoms with van der Waals surface area (Å²) in [5, 5.41) is 45.1. The molecule has 3 aliphatic rings. The van der Waals surface area contributed by atoms with Gasteiger partial charge in [-0.2, -0.15) is 0 Å². The predicted octanol–water partition coefficient (Wildman–Crippen LogP) is 5.05. The van der Waals surface area contributed by atoms with Gasteiger partial charge in [-0.15, -0.1) is 0 Å². The predicted molar refractivity (Wildman–Crippen MR) is 189 cm³/mol. The van der Waals surface area contributed by atoms with Gasteiger partial charge in [-0.25, -0.2) is 4.79 Å². The molecule has 49 heavy (non-hydrogen) atoms. The van der Waals surface area contributed by atoms with Crippen molar-refractivity contribution < 1.29 is 48.9 Å². The average Bonchev–Trinajstić information content (AvgIpc) is 3.08. The molecule has 10 heteroatoms. The Morgan fingerprint density at radius 1 is 0.898 bits per heavy atom. The minimum Gasteiger partial charge on any atom is -0.458 e. The first-order valence-corrected chi connectivity index (χ1v) is 18.5. The van der Waals surface area contributed by atoms with Crippen molar-refractivity contribution in [3.8, 4) is 0 Å². The third-order valence-corrected chi connectivity index (χ3v) is 11.1. The normalized spacial score (nSPS) is 41.1. The fourth-order valence-electron chi connectivity index (χ4n) is 7.67. The van der Waals surface area contributed by atoms with Crippen LogP contribution < -0.4 is 0 Å². The Morgan fingerprint density at radius 3 is 2.31 bits per heavy atom. The van der Waals surface area contributed by atoms with Gasteiger partial charge in [-0.05, 0) is 64.7 Å². The molecule has 0 aromatic carbocycles. The van der Waals surface area contributed by atoms with Gasteiger partial charge in [-0.3, -0.25) is 0 Å². The van der Waals surface area contributed by atoms with Crippen molar-refractivity contribution in [3.63, 3.8) is 0 Å². The first kappa shape index (κ1) is 41.8. The Hall–Kier alpha value is -1.63. The number of esters is 1. The number of allylic oxidation sites excluding steroid dienone is 2. The van der Waals surface area contributed by atoms with Crippen LogP contribution in [-0.2, 0) is 28.5 Å². The fourth-order valence-corrected chi connectivity index (χ4v) is 7.67. The molecule has 0 radical (unpaired) electrons. The molecule has 0 saturated carbocycles. The highest BCUT2D eigenvalue weighted by Crippen LogP contribution is 2.33. The number of hydrogen-bond donors (Lipinski definition) is 4. The number of carbonyl (C=O) groups is 1. The summed E-state index contributed by atoms with van der Waals surface area (Å²) < 4.78 is 29.9. The van der Waals surface area contributed by atoms with Crippen LogP contribution in [0, 0.1) is 23.7 Å². The van der Waals surface area contributed by atoms with Gasteiger partial charge in [0.1, 0.15) is 6.10 Å². The van der Waals surface area contributed by atoms with Gasteiger partial charge in [0.05, 0.1) is 61.0 Å². The SMILES string of the molecule is COC1CC(C)OC(CCC(C)C(O)C(C)C2OC(=O)/C=C/C(C)=C/CC(O)CC3C=CCC(CC(OC)C(C)C(O)CC(O)C2C)O3)C1. The molecule has 0 aliphatic carbocycles. The second-order valence-electron chi connectivity index (χ2n) is 15.2. The fraction of sp³-hybridized carbons (Fsp3) is 0.821. The summed E-state index contributed by atoms with van der Waals surface area (Å²) in [4.78, 5) is 13.2. The van der Waals surface area contributed by atoms with Gasteiger partial charge in [0, 0.05) is 50.9 Å². The second kappa shape index (κ2) is 20.4. The molecule has 2 bridgehead atoms. The molecule has 4 N–H and O–H groups in total. The molecular formula is C39H66O10. The highest BCUT2D eigenvalue weighted by atomic mass is 16.5. The Bertz CT molecular complexity index is 1080. The van der Waals surface area contributed by atoms with Gasteiger partial charge in [-0.1, -0.05) is 57.6 Å². The lowest BCUT2D eigenvalue weighted by Crippen LogP contribution is -2.45. The van der Waals surface area contributed by atoms with Crippen LogP contribution in [0.15, 0.2) is 36.0 Å². The van der Waals surface area contributed by atoms with E-state index >= 15 is 0 Å². The number of ether oxygens (including phenoxy) is 5. The van der Waals surface area contributed by atoms with E-state index in [0.717, 1.165) is 24.8 Å². The molecule has 282 valence electrons. The maximum atomic E-state index is 13.2. The monoisotopic (exact) mass is 694 g/mol. The largest absolute Gasteiger partial charge is 0.458 e. The molecule has 0 spiro atoms. The van der Waals surface area contributed by atoms with Crippen molar-refractivity contribution in [2.75, 3.05) is 14.2 Å². The Balaban J connectivity index is 1.80. The van der Waals surface area contributed by atoms with Crippen molar-refractivity contribution >= 4 is 5.97 Å². The van der Waals surface area contributed by atoms with E-state index in [1.54, 1.807) is 27.2 Å². The maximum Gasteiger partial charge on any atom is 0.331 e. The number of carbonyl (C=O) groups excluding carboxylic acids is 1. The number of fused-ring (bicyclic) bond motifs is 2. The summed E-state index contributed by atoms with van der Waals surface area (Å²) in [5.74, 6) is -2.14. The maximum absolute atomic E-state index is 13.2. The third kappa shape index (κ3) is 13.1. The molecule has 0 aromatic heterocycles. The van der Waals surface area contributed by atoms with Gasteiger partial charge in [0.2, 0.25) is 0 Å². The van der Waals surface area contributed by atoms with Gasteiger partial charge in [0.25, 0.3) is 0 Å². The van der Waals surface area contributed by atoms with E-state index in [-0.39, 0.29) is 54.9 Å². The molecule has 3 aliphatic heterocycles. The number of cyclic esters (lactones) is 1. The standard InChI is InChI=1S/C39H66O10/c1-23-12-15-29(40)19-30-10-9-11-31(48-30)21-36(46-8)26(4)34(41)22-35(42)27(5)39(49-37(43)17-13-23)28(6)38(44)24(2)14-16-32-20-33(45-7)18-25(3)47-32/h9-10,12-13,17,24-36,38-42,44H,11,14-16,18-22H2,1-8H3/b17-13+,23-12+. The molecule has 10 nitrogen and oxygen atoms in total. The highest BCUT2D eigenvalue weighted by molar-refractivity contribution is 5.82. The first-order chi connectivity index (χ1) is 23.2. The summed E-state index contributed by atoms with van der Waals surface area (Å²) in [6.45, 7) is 11.5. The zero-order valence-electron chi connectivity index (χ0n) is 31.1. The lowest BCUT2D eigenvalue weighted by atomic mass is 9.78. The van der Waals surface area contributed by atoms with Crippen molar-refractivity contribution in [1.29, 1.82) is 0 Å². The number of aliphatic hydroxyl groups is 4. The topological polar surface area (TPSA) is 144 Å². The van der Waals surface area contributed by atoms with E-state index in [2.05, 4.69) is 13.0 Å². The molecule has 0 amide bonds. The quantitative estimate of drug-likeness (QED) is 0.201. The van der Waals surface area contributed by atoms with E-state index in [0.29, 0.717) is 32.1 Å². The van der Waals surface area contributed by atoms with Crippen molar-refractivity contribution in [2.45, 2.75) is 166 Å². The van der Waals surface area contributed by atoms with E-state index < -0.39 is 48.3 Å². The van der Waals surface area contributed by atoms with E-state index in [9.17, 15) is 25.2 Å². The van der Waals surface area contributed by atoms with Crippen LogP contribution in [0.25, 0.3) is 0 Å². The smallest absolute Gasteiger partial charge is 0.331 e. The lowest BCUT2D eigenvalue weighted by Gasteiger charge is -2.38. The zero-order chi connectivity index (χ0) is 36.2. The minimum absolute atomic E-state index is 0.0460. The minimum atomic E-state index is -1.02. The Morgan fingerprint density at radius 2 is 1.61 bits per heavy atom. The number of rotatable bonds is 8. The summed E-state index contributed by atoms with van der Waals surface area (Å²) in [6, 6.07) is 0. The molecule has 0 aromatic rings. The van der Waals surface area contributed by atoms with Gasteiger partial charge >= 0.3 is 5.97 Å². The molecule has 15 unspecified atom stereocenters. The average molecular weight is 695 g/mol. The van der Waals surface area contributed by atoms with Crippen molar-refractivity contribution in [1.82, 2.24) is 0 Å². The van der Waals surface area contributed by atoms with Crippen LogP contribution >= 0.6 is 0 Å². The molecule has 1 fully saturated rings. The molecule has 3 rings (SSSR count). The van der Waals surface area contributed by atoms with E-state index in [4.69, 9.17) is 23.7 Å². The number of hydrogen-bond acceptors (Lipinski definition) is 10. The summed E-state index contributed by atoms with van der Waals surface area (Å²) in [7, 11) is 3.35. The molecule has 1 saturated heterocycles. The van der Waals surface area contributed by atoms with Crippen LogP contribution in [0.4, 0.5) is 0 Å². The van der Waals surface area contributed by atoms with Crippen LogP contribution in [0.1, 0.15) is 99.3 Å². The molecular weight excluding hydrogens is 628 g/mol. The van der Waals surface area contributed by atoms with Crippen LogP contribution in [-0.4, -0.2) is 108 Å². The summed E-state index contributed by atoms with van der Waals surface area (Å²) in [6.07, 6.45) is 9.69. The van der Waals surface area contributed by atoms with Crippen molar-refractivity contribution in [2.24, 2.45) is 23.7 Å². The van der Waals surface area contributed by atoms with Crippen LogP contribution in [0.5, 0.6) is 0 Å². The van der Waals surface area contributed by atoms with Gasteiger partial charge in [0.15, 0.2) is 0 Å². The Kier molecular flexibility index (Phi) is 17.4. The first-order valence-electron chi connectivity index (χ1n) is 18.5. The third-order valence-electron chi connectivity index (χ3n) is 11.1. The van der Waals surface area contributed by atoms with Crippen molar-refractivity contribution in [3.05, 3.63) is 36.0 Å². The second-order valence-corrected chi connectivity index (χ2v) is 15.2.